The third-order valence-electron chi connectivity index (χ3n) is 0.222. The zero-order valence-corrected chi connectivity index (χ0v) is 7.98. The third kappa shape index (κ3) is 2.55. The van der Waals surface area contributed by atoms with Gasteiger partial charge in [-0.3, -0.25) is 0 Å². The summed E-state index contributed by atoms with van der Waals surface area (Å²) in [5.74, 6) is 0. The fraction of sp³-hybridized carbons (Fsp3) is 0. The third-order valence-corrected chi connectivity index (χ3v) is 1.37. The smallest absolute Gasteiger partial charge is 0 e. The van der Waals surface area contributed by atoms with E-state index in [1.807, 2.05) is 0 Å². The van der Waals surface area contributed by atoms with Crippen molar-refractivity contribution < 1.29 is 17.9 Å². The monoisotopic (exact) mass is 199 g/mol. The first-order valence-electron chi connectivity index (χ1n) is 1.00. The van der Waals surface area contributed by atoms with Crippen LogP contribution >= 0.6 is 0 Å². The largest absolute Gasteiger partial charge is 0 e. The second-order valence-electron chi connectivity index (χ2n) is 0.612. The van der Waals surface area contributed by atoms with Crippen molar-refractivity contribution in [2.75, 3.05) is 0 Å². The molecule has 0 bridgehead atoms. The molecule has 37 valence electrons. The van der Waals surface area contributed by atoms with Gasteiger partial charge in [-0.05, 0) is 0 Å². The molecule has 1 saturated heterocycles. The summed E-state index contributed by atoms with van der Waals surface area (Å²) in [4.78, 5) is 0. The van der Waals surface area contributed by atoms with Crippen LogP contribution in [0.5, 0.6) is 0 Å². The van der Waals surface area contributed by atoms with Gasteiger partial charge in [0.1, 0.15) is 0 Å². The second kappa shape index (κ2) is 2.91. The maximum Gasteiger partial charge on any atom is 0 e. The van der Waals surface area contributed by atoms with Crippen LogP contribution in [-0.4, -0.2) is 48.1 Å². The quantitative estimate of drug-likeness (QED) is 0.358. The first-order valence-corrected chi connectivity index (χ1v) is 4.43. The van der Waals surface area contributed by atoms with Crippen LogP contribution in [0, 0.1) is 0 Å². The molecular formula is NaO4SSe. The Bertz CT molecular complexity index is 126. The predicted molar refractivity (Wildman–Crippen MR) is 22.9 cm³/mol. The summed E-state index contributed by atoms with van der Waals surface area (Å²) in [7, 11) is -2.58. The molecule has 1 fully saturated rings. The normalized spacial score (nSPS) is 24.6. The molecule has 1 radical (unpaired) electrons. The molecule has 1 rings (SSSR count). The molecule has 0 spiro atoms. The predicted octanol–water partition coefficient (Wildman–Crippen LogP) is -1.30. The second-order valence-corrected chi connectivity index (χ2v) is 4.27. The van der Waals surface area contributed by atoms with Crippen molar-refractivity contribution in [2.45, 2.75) is 0 Å². The molecule has 1 aliphatic rings. The Kier molecular flexibility index (Phi) is 3.55. The van der Waals surface area contributed by atoms with Gasteiger partial charge in [0.05, 0.1) is 0 Å². The molecule has 1 aliphatic heterocycles. The summed E-state index contributed by atoms with van der Waals surface area (Å²) in [6, 6.07) is 0. The van der Waals surface area contributed by atoms with Crippen LogP contribution in [-0.2, 0) is 22.1 Å². The van der Waals surface area contributed by atoms with E-state index in [9.17, 15) is 4.21 Å². The van der Waals surface area contributed by atoms with E-state index < -0.39 is 8.42 Å². The maximum absolute atomic E-state index is 10.0. The Labute approximate surface area is 69.7 Å². The Morgan fingerprint density at radius 2 is 1.71 bits per heavy atom. The van der Waals surface area contributed by atoms with Gasteiger partial charge in [0.25, 0.3) is 0 Å². The topological polar surface area (TPSA) is 44.8 Å². The molecule has 1 heterocycles. The van der Waals surface area contributed by atoms with Gasteiger partial charge in [-0.15, -0.1) is 0 Å². The molecule has 7 heavy (non-hydrogen) atoms. The average Bonchev–Trinajstić information content (AvgIpc) is 1.32. The van der Waals surface area contributed by atoms with Crippen molar-refractivity contribution >= 4 is 52.4 Å². The van der Waals surface area contributed by atoms with Crippen LogP contribution in [0.25, 0.3) is 0 Å². The average molecular weight is 198 g/mol. The van der Waals surface area contributed by atoms with Crippen LogP contribution in [0.1, 0.15) is 0 Å². The van der Waals surface area contributed by atoms with Gasteiger partial charge in [0.2, 0.25) is 0 Å². The fourth-order valence-electron chi connectivity index (χ4n) is 0.0731. The molecule has 4 nitrogen and oxygen atoms in total. The summed E-state index contributed by atoms with van der Waals surface area (Å²) in [5, 5.41) is 3.63. The van der Waals surface area contributed by atoms with Crippen LogP contribution in [0.2, 0.25) is 0 Å². The standard InChI is InChI=1S/Na.O4SSe/c;1-5(6)3-2-4-5. The Morgan fingerprint density at radius 3 is 1.71 bits per heavy atom. The molecule has 0 saturated carbocycles. The van der Waals surface area contributed by atoms with Gasteiger partial charge in [-0.1, -0.05) is 0 Å². The van der Waals surface area contributed by atoms with Gasteiger partial charge in [0, 0.05) is 29.6 Å². The molecule has 0 atom stereocenters. The fourth-order valence-corrected chi connectivity index (χ4v) is 0.505. The SMILES string of the molecule is O=S1(=[Se])OOO1.[Na]. The molecule has 0 N–H and O–H groups in total. The van der Waals surface area contributed by atoms with E-state index in [2.05, 4.69) is 28.1 Å². The van der Waals surface area contributed by atoms with Crippen LogP contribution in [0.4, 0.5) is 0 Å². The summed E-state index contributed by atoms with van der Waals surface area (Å²) < 4.78 is 17.8. The van der Waals surface area contributed by atoms with Crippen molar-refractivity contribution in [3.05, 3.63) is 0 Å². The van der Waals surface area contributed by atoms with Crippen molar-refractivity contribution in [2.24, 2.45) is 0 Å². The molecule has 0 amide bonds. The minimum absolute atomic E-state index is 0. The van der Waals surface area contributed by atoms with Crippen molar-refractivity contribution in [3.63, 3.8) is 0 Å². The molecule has 0 aliphatic carbocycles. The first-order chi connectivity index (χ1) is 2.71. The Balaban J connectivity index is 0.000000360. The van der Waals surface area contributed by atoms with E-state index in [0.29, 0.717) is 0 Å². The van der Waals surface area contributed by atoms with Crippen LogP contribution in [0.3, 0.4) is 0 Å². The van der Waals surface area contributed by atoms with Crippen LogP contribution < -0.4 is 0 Å². The van der Waals surface area contributed by atoms with E-state index in [1.165, 1.54) is 0 Å². The zero-order valence-electron chi connectivity index (χ0n) is 3.45. The van der Waals surface area contributed by atoms with Crippen LogP contribution in [0.15, 0.2) is 0 Å². The van der Waals surface area contributed by atoms with E-state index >= 15 is 0 Å². The molecule has 0 aromatic heterocycles. The summed E-state index contributed by atoms with van der Waals surface area (Å²) in [6.45, 7) is 0. The zero-order chi connectivity index (χ0) is 4.62. The molecule has 0 aromatic rings. The van der Waals surface area contributed by atoms with Gasteiger partial charge >= 0.3 is 40.7 Å². The summed E-state index contributed by atoms with van der Waals surface area (Å²) in [5.41, 5.74) is 0. The number of hydrogen-bond donors (Lipinski definition) is 0. The van der Waals surface area contributed by atoms with E-state index in [0.717, 1.165) is 0 Å². The minimum atomic E-state index is -2.58. The first kappa shape index (κ1) is 8.55. The molecule has 0 aromatic carbocycles. The number of hydrogen-bond acceptors (Lipinski definition) is 4. The summed E-state index contributed by atoms with van der Waals surface area (Å²) >= 11 is 2.11. The maximum atomic E-state index is 10.0. The van der Waals surface area contributed by atoms with Gasteiger partial charge < -0.3 is 0 Å². The number of rotatable bonds is 0. The summed E-state index contributed by atoms with van der Waals surface area (Å²) in [6.07, 6.45) is 0. The minimum Gasteiger partial charge on any atom is 0 e. The van der Waals surface area contributed by atoms with E-state index in [1.54, 1.807) is 0 Å². The van der Waals surface area contributed by atoms with Gasteiger partial charge in [-0.2, -0.15) is 0 Å². The van der Waals surface area contributed by atoms with Gasteiger partial charge in [0.15, 0.2) is 0 Å². The molecule has 0 unspecified atom stereocenters. The molecule has 7 heteroatoms. The van der Waals surface area contributed by atoms with Gasteiger partial charge in [-0.25, -0.2) is 0 Å². The van der Waals surface area contributed by atoms with Crippen molar-refractivity contribution in [3.8, 4) is 0 Å². The Hall–Kier alpha value is 1.55. The Morgan fingerprint density at radius 1 is 1.43 bits per heavy atom. The van der Waals surface area contributed by atoms with E-state index in [-0.39, 0.29) is 29.6 Å². The molecular weight excluding hydrogens is 198 g/mol. The van der Waals surface area contributed by atoms with Crippen molar-refractivity contribution in [1.82, 2.24) is 0 Å². The van der Waals surface area contributed by atoms with E-state index in [4.69, 9.17) is 0 Å². The van der Waals surface area contributed by atoms with Crippen molar-refractivity contribution in [1.29, 1.82) is 0 Å².